The number of rotatable bonds is 6. The van der Waals surface area contributed by atoms with Crippen molar-refractivity contribution in [2.24, 2.45) is 5.92 Å². The lowest BCUT2D eigenvalue weighted by Crippen LogP contribution is -2.18. The second-order valence-electron chi connectivity index (χ2n) is 8.08. The van der Waals surface area contributed by atoms with Gasteiger partial charge in [0.2, 0.25) is 5.91 Å². The van der Waals surface area contributed by atoms with Crippen molar-refractivity contribution in [1.29, 1.82) is 0 Å². The van der Waals surface area contributed by atoms with Gasteiger partial charge in [-0.2, -0.15) is 0 Å². The van der Waals surface area contributed by atoms with Crippen molar-refractivity contribution in [3.63, 3.8) is 0 Å². The Bertz CT molecular complexity index is 1410. The number of nitrogens with one attached hydrogen (secondary N) is 2. The lowest BCUT2D eigenvalue weighted by atomic mass is 10.1. The third-order valence-electron chi connectivity index (χ3n) is 5.79. The SMILES string of the molecule is C=Cc1ccc([C@H]2[C@H](C(=O)Nc3ccc(Cl)c(C(=O)Nc4ccc(F)c(N)c4F)c3)C2(Cl)Cl)cc1Cl. The lowest BCUT2D eigenvalue weighted by Gasteiger charge is -2.11. The maximum absolute atomic E-state index is 14.2. The first-order valence-corrected chi connectivity index (χ1v) is 11.9. The van der Waals surface area contributed by atoms with E-state index in [9.17, 15) is 18.4 Å². The van der Waals surface area contributed by atoms with Crippen LogP contribution in [0.2, 0.25) is 10.0 Å². The molecule has 1 aliphatic carbocycles. The van der Waals surface area contributed by atoms with Crippen molar-refractivity contribution in [2.75, 3.05) is 16.4 Å². The van der Waals surface area contributed by atoms with Crippen molar-refractivity contribution in [1.82, 2.24) is 0 Å². The number of anilines is 3. The van der Waals surface area contributed by atoms with Crippen LogP contribution in [0.15, 0.2) is 55.1 Å². The molecule has 36 heavy (non-hydrogen) atoms. The summed E-state index contributed by atoms with van der Waals surface area (Å²) in [6.07, 6.45) is 1.60. The van der Waals surface area contributed by atoms with Crippen molar-refractivity contribution in [3.8, 4) is 0 Å². The monoisotopic (exact) mass is 569 g/mol. The molecule has 0 radical (unpaired) electrons. The van der Waals surface area contributed by atoms with Crippen molar-refractivity contribution < 1.29 is 18.4 Å². The van der Waals surface area contributed by atoms with Gasteiger partial charge in [-0.3, -0.25) is 9.59 Å². The van der Waals surface area contributed by atoms with E-state index in [1.807, 2.05) is 0 Å². The Kier molecular flexibility index (Phi) is 7.21. The summed E-state index contributed by atoms with van der Waals surface area (Å²) >= 11 is 25.2. The number of nitrogens with two attached hydrogens (primary N) is 1. The zero-order valence-electron chi connectivity index (χ0n) is 18.2. The van der Waals surface area contributed by atoms with Gasteiger partial charge in [-0.15, -0.1) is 23.2 Å². The van der Waals surface area contributed by atoms with Gasteiger partial charge in [0.25, 0.3) is 5.91 Å². The molecule has 2 atom stereocenters. The number of carbonyl (C=O) groups excluding carboxylic acids is 2. The molecule has 4 N–H and O–H groups in total. The molecule has 3 aromatic rings. The van der Waals surface area contributed by atoms with Gasteiger partial charge in [0.1, 0.15) is 15.8 Å². The Balaban J connectivity index is 1.52. The molecule has 1 saturated carbocycles. The van der Waals surface area contributed by atoms with Crippen LogP contribution in [0, 0.1) is 17.6 Å². The van der Waals surface area contributed by atoms with Gasteiger partial charge in [-0.1, -0.05) is 48.0 Å². The van der Waals surface area contributed by atoms with Gasteiger partial charge in [0.05, 0.1) is 22.2 Å². The van der Waals surface area contributed by atoms with Crippen LogP contribution in [0.5, 0.6) is 0 Å². The molecule has 4 rings (SSSR count). The third-order valence-corrected chi connectivity index (χ3v) is 7.39. The molecule has 0 bridgehead atoms. The van der Waals surface area contributed by atoms with Gasteiger partial charge < -0.3 is 16.4 Å². The second kappa shape index (κ2) is 9.90. The topological polar surface area (TPSA) is 84.2 Å². The largest absolute Gasteiger partial charge is 0.394 e. The maximum Gasteiger partial charge on any atom is 0.257 e. The Morgan fingerprint density at radius 3 is 2.39 bits per heavy atom. The van der Waals surface area contributed by atoms with E-state index < -0.39 is 45.3 Å². The van der Waals surface area contributed by atoms with Crippen LogP contribution in [0.1, 0.15) is 27.4 Å². The summed E-state index contributed by atoms with van der Waals surface area (Å²) in [5, 5.41) is 5.44. The normalized spacial score (nSPS) is 17.8. The van der Waals surface area contributed by atoms with Crippen LogP contribution in [-0.4, -0.2) is 16.1 Å². The molecule has 186 valence electrons. The minimum absolute atomic E-state index is 0.0336. The summed E-state index contributed by atoms with van der Waals surface area (Å²) in [5.74, 6) is -4.67. The molecular formula is C25H17Cl4F2N3O2. The van der Waals surface area contributed by atoms with E-state index >= 15 is 0 Å². The first-order valence-electron chi connectivity index (χ1n) is 10.4. The molecule has 2 amide bonds. The summed E-state index contributed by atoms with van der Waals surface area (Å²) < 4.78 is 26.2. The van der Waals surface area contributed by atoms with E-state index in [1.165, 1.54) is 18.2 Å². The zero-order valence-corrected chi connectivity index (χ0v) is 21.2. The van der Waals surface area contributed by atoms with Gasteiger partial charge in [-0.05, 0) is 47.5 Å². The predicted molar refractivity (Wildman–Crippen MR) is 141 cm³/mol. The number of nitrogen functional groups attached to an aromatic ring is 1. The molecule has 0 heterocycles. The van der Waals surface area contributed by atoms with Crippen LogP contribution in [0.3, 0.4) is 0 Å². The van der Waals surface area contributed by atoms with E-state index in [4.69, 9.17) is 52.1 Å². The van der Waals surface area contributed by atoms with Crippen LogP contribution < -0.4 is 16.4 Å². The molecular weight excluding hydrogens is 554 g/mol. The van der Waals surface area contributed by atoms with Gasteiger partial charge in [-0.25, -0.2) is 8.78 Å². The molecule has 3 aromatic carbocycles. The summed E-state index contributed by atoms with van der Waals surface area (Å²) in [4.78, 5) is 25.7. The molecule has 0 aliphatic heterocycles. The molecule has 1 fully saturated rings. The molecule has 0 saturated heterocycles. The summed E-state index contributed by atoms with van der Waals surface area (Å²) in [6, 6.07) is 11.3. The van der Waals surface area contributed by atoms with Gasteiger partial charge in [0.15, 0.2) is 5.82 Å². The maximum atomic E-state index is 14.2. The fourth-order valence-corrected chi connectivity index (χ4v) is 5.12. The quantitative estimate of drug-likeness (QED) is 0.215. The number of carbonyl (C=O) groups is 2. The minimum Gasteiger partial charge on any atom is -0.394 e. The highest BCUT2D eigenvalue weighted by molar-refractivity contribution is 6.53. The van der Waals surface area contributed by atoms with E-state index in [2.05, 4.69) is 17.2 Å². The first-order chi connectivity index (χ1) is 16.9. The highest BCUT2D eigenvalue weighted by Gasteiger charge is 2.67. The van der Waals surface area contributed by atoms with Crippen molar-refractivity contribution in [2.45, 2.75) is 10.3 Å². The second-order valence-corrected chi connectivity index (χ2v) is 10.3. The van der Waals surface area contributed by atoms with E-state index in [0.29, 0.717) is 10.6 Å². The van der Waals surface area contributed by atoms with Gasteiger partial charge in [0, 0.05) is 16.6 Å². The standard InChI is InChI=1S/C25H17Cl4F2N3O2/c1-2-11-3-4-12(9-16(11)27)19-20(25(19,28)29)24(36)33-13-5-6-15(26)14(10-13)23(35)34-18-8-7-17(30)22(32)21(18)31/h2-10,19-20H,1,32H2,(H,33,36)(H,34,35)/t19-,20+/m0/s1. The molecule has 0 spiro atoms. The Morgan fingerprint density at radius 2 is 1.72 bits per heavy atom. The van der Waals surface area contributed by atoms with Crippen molar-refractivity contribution in [3.05, 3.63) is 93.5 Å². The lowest BCUT2D eigenvalue weighted by molar-refractivity contribution is -0.117. The predicted octanol–water partition coefficient (Wildman–Crippen LogP) is 7.28. The Labute approximate surface area is 225 Å². The number of halogens is 6. The molecule has 5 nitrogen and oxygen atoms in total. The Morgan fingerprint density at radius 1 is 1.00 bits per heavy atom. The summed E-state index contributed by atoms with van der Waals surface area (Å²) in [6.45, 7) is 3.68. The fraction of sp³-hybridized carbons (Fsp3) is 0.120. The van der Waals surface area contributed by atoms with Crippen LogP contribution in [0.4, 0.5) is 25.8 Å². The molecule has 1 aliphatic rings. The van der Waals surface area contributed by atoms with E-state index in [1.54, 1.807) is 24.3 Å². The van der Waals surface area contributed by atoms with Crippen LogP contribution in [-0.2, 0) is 4.79 Å². The molecule has 11 heteroatoms. The summed E-state index contributed by atoms with van der Waals surface area (Å²) in [5.41, 5.74) is 5.84. The van der Waals surface area contributed by atoms with Crippen molar-refractivity contribution >= 4 is 81.4 Å². The number of benzene rings is 3. The third kappa shape index (κ3) is 4.89. The zero-order chi connectivity index (χ0) is 26.4. The highest BCUT2D eigenvalue weighted by Crippen LogP contribution is 2.65. The minimum atomic E-state index is -1.37. The summed E-state index contributed by atoms with van der Waals surface area (Å²) in [7, 11) is 0. The highest BCUT2D eigenvalue weighted by atomic mass is 35.5. The number of hydrogen-bond acceptors (Lipinski definition) is 3. The number of hydrogen-bond donors (Lipinski definition) is 3. The van der Waals surface area contributed by atoms with E-state index in [0.717, 1.165) is 17.7 Å². The van der Waals surface area contributed by atoms with E-state index in [-0.39, 0.29) is 22.0 Å². The average Bonchev–Trinajstić information content (AvgIpc) is 3.42. The first kappa shape index (κ1) is 26.2. The van der Waals surface area contributed by atoms with Crippen LogP contribution in [0.25, 0.3) is 6.08 Å². The molecule has 0 aromatic heterocycles. The van der Waals surface area contributed by atoms with Gasteiger partial charge >= 0.3 is 0 Å². The smallest absolute Gasteiger partial charge is 0.257 e. The fourth-order valence-electron chi connectivity index (χ4n) is 3.82. The van der Waals surface area contributed by atoms with Crippen LogP contribution >= 0.6 is 46.4 Å². The molecule has 0 unspecified atom stereocenters. The number of amides is 2. The Hall–Kier alpha value is -2.84. The average molecular weight is 571 g/mol. The number of alkyl halides is 2.